The summed E-state index contributed by atoms with van der Waals surface area (Å²) in [6.07, 6.45) is 5.68. The second kappa shape index (κ2) is 41.6. The molecule has 0 aliphatic rings. The van der Waals surface area contributed by atoms with Gasteiger partial charge in [0.05, 0.1) is 37.9 Å². The predicted octanol–water partition coefficient (Wildman–Crippen LogP) is -0.0890. The average Bonchev–Trinajstić information content (AvgIpc) is 3.20. The van der Waals surface area contributed by atoms with Crippen molar-refractivity contribution in [3.63, 3.8) is 0 Å². The third-order valence-corrected chi connectivity index (χ3v) is 8.45. The molecule has 360 valence electrons. The van der Waals surface area contributed by atoms with Crippen LogP contribution in [0.4, 0.5) is 17.6 Å². The van der Waals surface area contributed by atoms with E-state index in [9.17, 15) is 62.7 Å². The summed E-state index contributed by atoms with van der Waals surface area (Å²) >= 11 is 5.14. The zero-order valence-corrected chi connectivity index (χ0v) is 40.6. The van der Waals surface area contributed by atoms with Gasteiger partial charge in [0, 0.05) is 37.3 Å². The minimum absolute atomic E-state index is 0. The molecule has 0 bridgehead atoms. The summed E-state index contributed by atoms with van der Waals surface area (Å²) in [5.74, 6) is -5.84. The number of halogens is 6. The molecule has 63 heavy (non-hydrogen) atoms. The molecule has 2 aromatic rings. The van der Waals surface area contributed by atoms with E-state index in [0.29, 0.717) is 5.56 Å². The number of aromatic nitrogens is 2. The van der Waals surface area contributed by atoms with Crippen LogP contribution >= 0.6 is 24.0 Å². The largest absolute Gasteiger partial charge is 1.00 e. The molecule has 0 fully saturated rings. The Kier molecular flexibility index (Phi) is 49.0. The van der Waals surface area contributed by atoms with E-state index in [1.54, 1.807) is 23.1 Å². The second-order valence-electron chi connectivity index (χ2n) is 10.5. The molecule has 0 atom stereocenters. The second-order valence-corrected chi connectivity index (χ2v) is 13.7. The molecular weight excluding hydrogens is 948 g/mol. The van der Waals surface area contributed by atoms with Crippen LogP contribution in [-0.4, -0.2) is 145 Å². The van der Waals surface area contributed by atoms with E-state index in [0.717, 1.165) is 0 Å². The van der Waals surface area contributed by atoms with Gasteiger partial charge in [0.1, 0.15) is 19.8 Å². The molecule has 19 nitrogen and oxygen atoms in total. The van der Waals surface area contributed by atoms with Crippen molar-refractivity contribution in [2.45, 2.75) is 66.4 Å². The maximum atomic E-state index is 12.7. The molecule has 2 heterocycles. The van der Waals surface area contributed by atoms with Crippen LogP contribution < -0.4 is 34.5 Å². The number of pyridine rings is 2. The summed E-state index contributed by atoms with van der Waals surface area (Å²) in [7, 11) is -12.2. The molecule has 0 radical (unpaired) electrons. The molecule has 2 N–H and O–H groups in total. The van der Waals surface area contributed by atoms with E-state index in [2.05, 4.69) is 70.6 Å². The van der Waals surface area contributed by atoms with Crippen LogP contribution in [0.5, 0.6) is 0 Å². The van der Waals surface area contributed by atoms with Crippen LogP contribution in [0.3, 0.4) is 0 Å². The fraction of sp³-hybridized carbons (Fsp3) is 0.571. The van der Waals surface area contributed by atoms with Gasteiger partial charge < -0.3 is 38.2 Å². The van der Waals surface area contributed by atoms with Gasteiger partial charge in [-0.3, -0.25) is 14.8 Å². The van der Waals surface area contributed by atoms with E-state index in [-0.39, 0.29) is 55.0 Å². The standard InChI is InChI=1S/C10H9F2NO7S.C6H4ClNO.2C6H15N.C4H6F2O6S.C2H3N.CH4.ClH.Na/c11-10(12,21(16,17)18)9(15)20-6-5-19-8(14)7-1-3-13-4-2-7;7-6(9)5-1-3-8-4-2-5;2*1-4-7(5-2)6-3;5-4(6,13(9,10)11)3(8)12-2-1-7;1-2-3;;;/h1-4H,5-6H2,(H,16,17,18);1-4H;2*4-6H2,1-3H3;7H,1-2H2,(H,9,10,11);1H3;1H4;1H;/q;;;;;;;;+1/p-1. The number of esters is 3. The van der Waals surface area contributed by atoms with Gasteiger partial charge >= 0.3 is 58.0 Å². The van der Waals surface area contributed by atoms with Crippen molar-refractivity contribution in [1.29, 1.82) is 5.26 Å². The molecule has 2 rings (SSSR count). The Morgan fingerprint density at radius 1 is 0.746 bits per heavy atom. The summed E-state index contributed by atoms with van der Waals surface area (Å²) in [6.45, 7) is 19.1. The van der Waals surface area contributed by atoms with Crippen molar-refractivity contribution in [2.24, 2.45) is 0 Å². The Hall–Kier alpha value is -3.13. The van der Waals surface area contributed by atoms with Gasteiger partial charge in [-0.15, -0.1) is 12.4 Å². The number of hydrogen-bond donors (Lipinski definition) is 2. The summed E-state index contributed by atoms with van der Waals surface area (Å²) in [4.78, 5) is 54.1. The molecule has 0 saturated carbocycles. The third kappa shape index (κ3) is 34.9. The first-order valence-electron chi connectivity index (χ1n) is 17.5. The Bertz CT molecular complexity index is 1750. The summed E-state index contributed by atoms with van der Waals surface area (Å²) < 4.78 is 121. The smallest absolute Gasteiger partial charge is 0.743 e. The number of rotatable bonds is 17. The number of nitrogens with one attached hydrogen (secondary N) is 1. The Morgan fingerprint density at radius 2 is 1.05 bits per heavy atom. The van der Waals surface area contributed by atoms with Gasteiger partial charge in [0.15, 0.2) is 20.2 Å². The number of aliphatic hydroxyl groups excluding tert-OH is 1. The van der Waals surface area contributed by atoms with Crippen LogP contribution in [0.1, 0.15) is 76.6 Å². The molecule has 0 aliphatic heterocycles. The fourth-order valence-corrected chi connectivity index (χ4v) is 3.91. The maximum Gasteiger partial charge on any atom is 1.00 e. The number of nitrogens with zero attached hydrogens (tertiary/aromatic N) is 4. The van der Waals surface area contributed by atoms with Crippen LogP contribution in [0, 0.1) is 11.3 Å². The van der Waals surface area contributed by atoms with Crippen LogP contribution in [-0.2, 0) is 44.0 Å². The molecule has 0 spiro atoms. The third-order valence-electron chi connectivity index (χ3n) is 6.64. The quantitative estimate of drug-likeness (QED) is 0.0398. The molecule has 0 unspecified atom stereocenters. The van der Waals surface area contributed by atoms with Crippen LogP contribution in [0.15, 0.2) is 49.1 Å². The van der Waals surface area contributed by atoms with Crippen molar-refractivity contribution in [3.8, 4) is 6.07 Å². The van der Waals surface area contributed by atoms with E-state index in [4.69, 9.17) is 22.0 Å². The average molecular weight is 1000 g/mol. The summed E-state index contributed by atoms with van der Waals surface area (Å²) in [5.41, 5.74) is 0.607. The van der Waals surface area contributed by atoms with E-state index < -0.39 is 80.3 Å². The number of ether oxygens (including phenoxy) is 3. The van der Waals surface area contributed by atoms with Gasteiger partial charge in [0.2, 0.25) is 0 Å². The Morgan fingerprint density at radius 3 is 1.27 bits per heavy atom. The summed E-state index contributed by atoms with van der Waals surface area (Å²) in [5, 5.41) is 4.61. The molecule has 28 heteroatoms. The monoisotopic (exact) mass is 1000 g/mol. The van der Waals surface area contributed by atoms with Crippen molar-refractivity contribution in [3.05, 3.63) is 60.2 Å². The molecule has 0 aliphatic carbocycles. The first kappa shape index (κ1) is 74.2. The van der Waals surface area contributed by atoms with Crippen LogP contribution in [0.2, 0.25) is 0 Å². The van der Waals surface area contributed by atoms with Gasteiger partial charge in [-0.25, -0.2) is 31.2 Å². The van der Waals surface area contributed by atoms with Gasteiger partial charge in [0.25, 0.3) is 5.24 Å². The minimum atomic E-state index is -6.17. The number of alkyl halides is 4. The normalized spacial score (nSPS) is 10.2. The zero-order valence-electron chi connectivity index (χ0n) is 35.3. The van der Waals surface area contributed by atoms with E-state index in [1.807, 2.05) is 0 Å². The number of carbonyl (C=O) groups is 4. The number of hydrogen-bond acceptors (Lipinski definition) is 18. The van der Waals surface area contributed by atoms with Crippen LogP contribution in [0.25, 0.3) is 0 Å². The SMILES string of the molecule is C.CC#N.CCN(CC)CC.CC[NH+](CC)CC.Cl.O=C(Cl)c1ccncc1.O=C(OCCO)C(F)(F)S(=O)(=O)[O-].O=C(OCCOC(=O)C(F)(F)S(=O)(=O)[O-])c1ccncc1.[Na+]. The zero-order chi connectivity index (χ0) is 47.6. The Labute approximate surface area is 400 Å². The minimum Gasteiger partial charge on any atom is -0.743 e. The van der Waals surface area contributed by atoms with Crippen molar-refractivity contribution in [1.82, 2.24) is 14.9 Å². The van der Waals surface area contributed by atoms with Gasteiger partial charge in [-0.05, 0) is 76.3 Å². The molecular formula is C35H56Cl2F4N5NaO14S2. The number of carbonyl (C=O) groups excluding carboxylic acids is 4. The summed E-state index contributed by atoms with van der Waals surface area (Å²) in [6, 6.07) is 7.53. The molecule has 0 aromatic carbocycles. The molecule has 0 amide bonds. The topological polar surface area (TPSA) is 288 Å². The first-order valence-corrected chi connectivity index (χ1v) is 20.7. The first-order chi connectivity index (χ1) is 27.8. The Balaban J connectivity index is -0.000000129. The molecule has 0 saturated heterocycles. The maximum absolute atomic E-state index is 12.7. The van der Waals surface area contributed by atoms with E-state index in [1.165, 1.54) is 83.1 Å². The van der Waals surface area contributed by atoms with Gasteiger partial charge in [-0.1, -0.05) is 28.2 Å². The van der Waals surface area contributed by atoms with E-state index >= 15 is 0 Å². The van der Waals surface area contributed by atoms with Crippen molar-refractivity contribution in [2.75, 3.05) is 65.7 Å². The number of aliphatic hydroxyl groups is 1. The van der Waals surface area contributed by atoms with Crippen molar-refractivity contribution >= 4 is 67.4 Å². The number of quaternary nitrogens is 1. The number of nitriles is 1. The van der Waals surface area contributed by atoms with Crippen molar-refractivity contribution < 1.29 is 116 Å². The predicted molar refractivity (Wildman–Crippen MR) is 219 cm³/mol. The van der Waals surface area contributed by atoms with Gasteiger partial charge in [-0.2, -0.15) is 22.8 Å². The molecule has 2 aromatic heterocycles. The fourth-order valence-electron chi connectivity index (χ4n) is 3.25.